The third-order valence-corrected chi connectivity index (χ3v) is 5.80. The van der Waals surface area contributed by atoms with Gasteiger partial charge in [-0.15, -0.1) is 0 Å². The molecule has 2 aliphatic heterocycles. The zero-order chi connectivity index (χ0) is 17.2. The van der Waals surface area contributed by atoms with E-state index in [4.69, 9.17) is 0 Å². The number of anilines is 1. The SMILES string of the molecule is CC1CN(C(=O)c2cccc(-c3cnc4c(c3)C3(CC3)CN4)c2F)C1. The van der Waals surface area contributed by atoms with Crippen LogP contribution in [0, 0.1) is 11.7 Å². The highest BCUT2D eigenvalue weighted by molar-refractivity contribution is 5.96. The number of carbonyl (C=O) groups excluding carboxylic acids is 1. The maximum Gasteiger partial charge on any atom is 0.256 e. The van der Waals surface area contributed by atoms with Crippen molar-refractivity contribution in [2.24, 2.45) is 5.92 Å². The molecule has 3 heterocycles. The van der Waals surface area contributed by atoms with E-state index in [0.29, 0.717) is 24.6 Å². The Labute approximate surface area is 146 Å². The summed E-state index contributed by atoms with van der Waals surface area (Å²) >= 11 is 0. The summed E-state index contributed by atoms with van der Waals surface area (Å²) in [6.45, 7) is 4.43. The topological polar surface area (TPSA) is 45.2 Å². The smallest absolute Gasteiger partial charge is 0.256 e. The highest BCUT2D eigenvalue weighted by Gasteiger charge is 2.49. The Hall–Kier alpha value is -2.43. The number of hydrogen-bond acceptors (Lipinski definition) is 3. The monoisotopic (exact) mass is 337 g/mol. The molecule has 1 aromatic heterocycles. The minimum Gasteiger partial charge on any atom is -0.369 e. The maximum atomic E-state index is 15.1. The summed E-state index contributed by atoms with van der Waals surface area (Å²) in [6.07, 6.45) is 4.02. The molecule has 1 saturated heterocycles. The Morgan fingerprint density at radius 1 is 1.36 bits per heavy atom. The van der Waals surface area contributed by atoms with E-state index in [0.717, 1.165) is 30.8 Å². The van der Waals surface area contributed by atoms with Gasteiger partial charge < -0.3 is 10.2 Å². The summed E-state index contributed by atoms with van der Waals surface area (Å²) in [6, 6.07) is 7.12. The molecule has 5 rings (SSSR count). The van der Waals surface area contributed by atoms with E-state index in [1.807, 2.05) is 6.07 Å². The number of rotatable bonds is 2. The van der Waals surface area contributed by atoms with Crippen molar-refractivity contribution >= 4 is 11.7 Å². The van der Waals surface area contributed by atoms with Crippen LogP contribution in [-0.2, 0) is 5.41 Å². The van der Waals surface area contributed by atoms with Crippen LogP contribution in [0.2, 0.25) is 0 Å². The molecule has 1 spiro atoms. The molecule has 0 bridgehead atoms. The van der Waals surface area contributed by atoms with Gasteiger partial charge in [-0.1, -0.05) is 19.1 Å². The molecule has 5 heteroatoms. The van der Waals surface area contributed by atoms with Crippen molar-refractivity contribution in [3.8, 4) is 11.1 Å². The van der Waals surface area contributed by atoms with Gasteiger partial charge in [0, 0.05) is 47.9 Å². The van der Waals surface area contributed by atoms with Gasteiger partial charge in [0.25, 0.3) is 5.91 Å². The Balaban J connectivity index is 1.53. The standard InChI is InChI=1S/C20H20FN3O/c1-12-9-24(10-12)19(25)15-4-2-3-14(17(15)21)13-7-16-18(22-8-13)23-11-20(16)5-6-20/h2-4,7-8,12H,5-6,9-11H2,1H3,(H,22,23). The number of aromatic nitrogens is 1. The van der Waals surface area contributed by atoms with Crippen LogP contribution in [-0.4, -0.2) is 35.4 Å². The molecule has 4 nitrogen and oxygen atoms in total. The molecule has 25 heavy (non-hydrogen) atoms. The van der Waals surface area contributed by atoms with Crippen molar-refractivity contribution in [3.63, 3.8) is 0 Å². The highest BCUT2D eigenvalue weighted by atomic mass is 19.1. The van der Waals surface area contributed by atoms with Crippen LogP contribution in [0.5, 0.6) is 0 Å². The summed E-state index contributed by atoms with van der Waals surface area (Å²) in [5.41, 5.74) is 2.76. The van der Waals surface area contributed by atoms with Crippen LogP contribution in [0.3, 0.4) is 0 Å². The number of likely N-dealkylation sites (tertiary alicyclic amines) is 1. The van der Waals surface area contributed by atoms with Crippen LogP contribution >= 0.6 is 0 Å². The van der Waals surface area contributed by atoms with Gasteiger partial charge in [-0.3, -0.25) is 4.79 Å². The number of hydrogen-bond donors (Lipinski definition) is 1. The van der Waals surface area contributed by atoms with Gasteiger partial charge in [0.15, 0.2) is 0 Å². The first kappa shape index (κ1) is 14.9. The van der Waals surface area contributed by atoms with E-state index in [1.54, 1.807) is 29.3 Å². The van der Waals surface area contributed by atoms with Crippen LogP contribution < -0.4 is 5.32 Å². The molecule has 2 aromatic rings. The lowest BCUT2D eigenvalue weighted by atomic mass is 9.95. The second-order valence-electron chi connectivity index (χ2n) is 7.74. The first-order valence-corrected chi connectivity index (χ1v) is 8.90. The fraction of sp³-hybridized carbons (Fsp3) is 0.400. The molecule has 128 valence electrons. The van der Waals surface area contributed by atoms with E-state index in [9.17, 15) is 4.79 Å². The molecule has 1 aromatic carbocycles. The van der Waals surface area contributed by atoms with Gasteiger partial charge in [0.2, 0.25) is 0 Å². The molecule has 1 saturated carbocycles. The lowest BCUT2D eigenvalue weighted by molar-refractivity contribution is 0.0525. The molecule has 1 N–H and O–H groups in total. The second-order valence-corrected chi connectivity index (χ2v) is 7.74. The van der Waals surface area contributed by atoms with Crippen molar-refractivity contribution in [1.29, 1.82) is 0 Å². The molecular formula is C20H20FN3O. The van der Waals surface area contributed by atoms with Crippen LogP contribution in [0.15, 0.2) is 30.5 Å². The molecule has 0 radical (unpaired) electrons. The number of carbonyl (C=O) groups is 1. The molecular weight excluding hydrogens is 317 g/mol. The van der Waals surface area contributed by atoms with Gasteiger partial charge in [-0.2, -0.15) is 0 Å². The summed E-state index contributed by atoms with van der Waals surface area (Å²) < 4.78 is 15.1. The molecule has 3 aliphatic rings. The van der Waals surface area contributed by atoms with Crippen molar-refractivity contribution < 1.29 is 9.18 Å². The summed E-state index contributed by atoms with van der Waals surface area (Å²) in [7, 11) is 0. The molecule has 2 fully saturated rings. The lowest BCUT2D eigenvalue weighted by Gasteiger charge is -2.37. The fourth-order valence-corrected chi connectivity index (χ4v) is 4.06. The Kier molecular flexibility index (Phi) is 3.00. The van der Waals surface area contributed by atoms with E-state index >= 15 is 4.39 Å². The van der Waals surface area contributed by atoms with Gasteiger partial charge >= 0.3 is 0 Å². The fourth-order valence-electron chi connectivity index (χ4n) is 4.06. The largest absolute Gasteiger partial charge is 0.369 e. The van der Waals surface area contributed by atoms with E-state index < -0.39 is 5.82 Å². The number of halogens is 1. The Morgan fingerprint density at radius 2 is 2.16 bits per heavy atom. The van der Waals surface area contributed by atoms with E-state index in [2.05, 4.69) is 17.2 Å². The van der Waals surface area contributed by atoms with Gasteiger partial charge in [0.1, 0.15) is 11.6 Å². The van der Waals surface area contributed by atoms with Crippen molar-refractivity contribution in [2.45, 2.75) is 25.2 Å². The van der Waals surface area contributed by atoms with Crippen LogP contribution in [0.4, 0.5) is 10.2 Å². The summed E-state index contributed by atoms with van der Waals surface area (Å²) in [4.78, 5) is 18.7. The van der Waals surface area contributed by atoms with Crippen molar-refractivity contribution in [1.82, 2.24) is 9.88 Å². The third kappa shape index (κ3) is 2.18. The molecule has 1 aliphatic carbocycles. The number of nitrogens with one attached hydrogen (secondary N) is 1. The Bertz CT molecular complexity index is 885. The molecule has 1 amide bonds. The number of nitrogens with zero attached hydrogens (tertiary/aromatic N) is 2. The van der Waals surface area contributed by atoms with Crippen LogP contribution in [0.1, 0.15) is 35.7 Å². The van der Waals surface area contributed by atoms with Gasteiger partial charge in [0.05, 0.1) is 5.56 Å². The number of fused-ring (bicyclic) bond motifs is 2. The van der Waals surface area contributed by atoms with Crippen LogP contribution in [0.25, 0.3) is 11.1 Å². The van der Waals surface area contributed by atoms with E-state index in [1.165, 1.54) is 5.56 Å². The normalized spacial score (nSPS) is 20.2. The number of pyridine rings is 1. The summed E-state index contributed by atoms with van der Waals surface area (Å²) in [5.74, 6) is 0.762. The molecule has 0 unspecified atom stereocenters. The predicted octanol–water partition coefficient (Wildman–Crippen LogP) is 3.44. The molecule has 0 atom stereocenters. The summed E-state index contributed by atoms with van der Waals surface area (Å²) in [5, 5.41) is 3.34. The highest BCUT2D eigenvalue weighted by Crippen LogP contribution is 2.54. The first-order chi connectivity index (χ1) is 12.1. The third-order valence-electron chi connectivity index (χ3n) is 5.80. The minimum atomic E-state index is -0.440. The second kappa shape index (κ2) is 5.04. The zero-order valence-electron chi connectivity index (χ0n) is 14.2. The quantitative estimate of drug-likeness (QED) is 0.913. The van der Waals surface area contributed by atoms with Crippen molar-refractivity contribution in [3.05, 3.63) is 47.4 Å². The predicted molar refractivity (Wildman–Crippen MR) is 94.1 cm³/mol. The Morgan fingerprint density at radius 3 is 2.88 bits per heavy atom. The first-order valence-electron chi connectivity index (χ1n) is 8.90. The minimum absolute atomic E-state index is 0.157. The van der Waals surface area contributed by atoms with Gasteiger partial charge in [-0.25, -0.2) is 9.37 Å². The lowest BCUT2D eigenvalue weighted by Crippen LogP contribution is -2.48. The number of amides is 1. The average molecular weight is 337 g/mol. The van der Waals surface area contributed by atoms with E-state index in [-0.39, 0.29) is 16.9 Å². The zero-order valence-corrected chi connectivity index (χ0v) is 14.2. The maximum absolute atomic E-state index is 15.1. The van der Waals surface area contributed by atoms with Gasteiger partial charge in [-0.05, 0) is 30.9 Å². The number of benzene rings is 1. The van der Waals surface area contributed by atoms with Crippen molar-refractivity contribution in [2.75, 3.05) is 25.0 Å². The average Bonchev–Trinajstić information content (AvgIpc) is 3.29.